The third kappa shape index (κ3) is 7.96. The highest BCUT2D eigenvalue weighted by atomic mass is 19.1. The van der Waals surface area contributed by atoms with Gasteiger partial charge in [0.15, 0.2) is 6.29 Å². The molecule has 242 valence electrons. The van der Waals surface area contributed by atoms with Crippen molar-refractivity contribution in [2.24, 2.45) is 0 Å². The molecule has 2 aromatic carbocycles. The molecule has 0 bridgehead atoms. The Morgan fingerprint density at radius 2 is 1.20 bits per heavy atom. The molecule has 14 nitrogen and oxygen atoms in total. The Morgan fingerprint density at radius 1 is 0.705 bits per heavy atom. The van der Waals surface area contributed by atoms with Crippen LogP contribution < -0.4 is 10.6 Å². The number of carbonyl (C=O) groups excluding carboxylic acids is 2. The zero-order chi connectivity index (χ0) is 32.0. The van der Waals surface area contributed by atoms with E-state index in [0.29, 0.717) is 0 Å². The van der Waals surface area contributed by atoms with Crippen molar-refractivity contribution in [3.05, 3.63) is 60.2 Å². The van der Waals surface area contributed by atoms with Gasteiger partial charge >= 0.3 is 12.2 Å². The molecule has 0 spiro atoms. The summed E-state index contributed by atoms with van der Waals surface area (Å²) in [7, 11) is 0. The number of anilines is 2. The molecule has 2 aliphatic rings. The van der Waals surface area contributed by atoms with Crippen molar-refractivity contribution >= 4 is 23.6 Å². The number of benzene rings is 2. The second kappa shape index (κ2) is 15.0. The quantitative estimate of drug-likeness (QED) is 0.207. The van der Waals surface area contributed by atoms with Crippen LogP contribution in [-0.4, -0.2) is 112 Å². The SMILES string of the molecule is CC[C@@H]1O[C@H](COC(=O)Nc2ccccc2F)[C@@H](O[C@@H]2O[C@H](COC(=O)Nc3ccccc3F)[C@@H](O)[C@H](O)[C@H]2O)[C@H](O)[C@H]1O. The zero-order valence-electron chi connectivity index (χ0n) is 23.4. The van der Waals surface area contributed by atoms with Gasteiger partial charge in [0.05, 0.1) is 17.5 Å². The van der Waals surface area contributed by atoms with Crippen molar-refractivity contribution in [2.75, 3.05) is 23.8 Å². The Labute approximate surface area is 250 Å². The van der Waals surface area contributed by atoms with Crippen molar-refractivity contribution in [3.63, 3.8) is 0 Å². The van der Waals surface area contributed by atoms with Crippen molar-refractivity contribution in [3.8, 4) is 0 Å². The average molecular weight is 629 g/mol. The maximum Gasteiger partial charge on any atom is 0.411 e. The standard InChI is InChI=1S/C28H34F2N2O12/c1-2-17-20(33)23(36)25(19(42-17)12-41-28(39)32-16-10-6-4-8-14(16)30)44-26-24(37)22(35)21(34)18(43-26)11-40-27(38)31-15-9-5-3-7-13(15)29/h3-10,17-26,33-37H,2,11-12H2,1H3,(H,31,38)(H,32,39)/t17-,18+,19+,20-,21+,22-,23+,24+,25+,26-/m0/s1. The van der Waals surface area contributed by atoms with E-state index in [0.717, 1.165) is 12.1 Å². The highest BCUT2D eigenvalue weighted by molar-refractivity contribution is 5.85. The van der Waals surface area contributed by atoms with Crippen LogP contribution in [0.5, 0.6) is 0 Å². The van der Waals surface area contributed by atoms with Crippen molar-refractivity contribution in [1.29, 1.82) is 0 Å². The summed E-state index contributed by atoms with van der Waals surface area (Å²) in [5, 5.41) is 57.2. The topological polar surface area (TPSA) is 206 Å². The molecule has 0 aliphatic carbocycles. The third-order valence-electron chi connectivity index (χ3n) is 7.12. The molecule has 16 heteroatoms. The van der Waals surface area contributed by atoms with E-state index in [1.165, 1.54) is 36.4 Å². The van der Waals surface area contributed by atoms with Crippen LogP contribution >= 0.6 is 0 Å². The molecule has 7 N–H and O–H groups in total. The fraction of sp³-hybridized carbons (Fsp3) is 0.500. The van der Waals surface area contributed by atoms with Gasteiger partial charge in [0.2, 0.25) is 0 Å². The Morgan fingerprint density at radius 3 is 1.73 bits per heavy atom. The van der Waals surface area contributed by atoms with Crippen molar-refractivity contribution in [2.45, 2.75) is 74.6 Å². The number of halogens is 2. The van der Waals surface area contributed by atoms with Crippen molar-refractivity contribution in [1.82, 2.24) is 0 Å². The summed E-state index contributed by atoms with van der Waals surface area (Å²) >= 11 is 0. The number of hydrogen-bond donors (Lipinski definition) is 7. The molecule has 10 atom stereocenters. The van der Waals surface area contributed by atoms with Gasteiger partial charge in [-0.25, -0.2) is 18.4 Å². The normalized spacial score (nSPS) is 32.0. The van der Waals surface area contributed by atoms with E-state index in [9.17, 15) is 43.9 Å². The van der Waals surface area contributed by atoms with Gasteiger partial charge in [-0.05, 0) is 30.7 Å². The second-order valence-corrected chi connectivity index (χ2v) is 10.1. The summed E-state index contributed by atoms with van der Waals surface area (Å²) in [6.45, 7) is 0.420. The van der Waals surface area contributed by atoms with E-state index in [1.807, 2.05) is 0 Å². The first kappa shape index (κ1) is 33.4. The van der Waals surface area contributed by atoms with Gasteiger partial charge in [0, 0.05) is 0 Å². The number of rotatable bonds is 9. The fourth-order valence-electron chi connectivity index (χ4n) is 4.71. The minimum Gasteiger partial charge on any atom is -0.446 e. The number of ether oxygens (including phenoxy) is 5. The lowest BCUT2D eigenvalue weighted by molar-refractivity contribution is -0.341. The molecule has 4 rings (SSSR count). The van der Waals surface area contributed by atoms with Gasteiger partial charge in [0.1, 0.15) is 73.7 Å². The fourth-order valence-corrected chi connectivity index (χ4v) is 4.71. The molecule has 2 amide bonds. The minimum atomic E-state index is -1.90. The van der Waals surface area contributed by atoms with Crippen LogP contribution in [0.25, 0.3) is 0 Å². The number of para-hydroxylation sites is 2. The summed E-state index contributed by atoms with van der Waals surface area (Å²) in [4.78, 5) is 24.5. The molecule has 2 heterocycles. The number of amides is 2. The highest BCUT2D eigenvalue weighted by Crippen LogP contribution is 2.30. The number of carbonyl (C=O) groups is 2. The van der Waals surface area contributed by atoms with E-state index in [1.54, 1.807) is 6.92 Å². The minimum absolute atomic E-state index is 0.154. The Hall–Kier alpha value is -3.48. The Bertz CT molecular complexity index is 1270. The summed E-state index contributed by atoms with van der Waals surface area (Å²) in [6.07, 6.45) is -17.6. The molecule has 0 aromatic heterocycles. The van der Waals surface area contributed by atoms with E-state index in [2.05, 4.69) is 10.6 Å². The van der Waals surface area contributed by atoms with Crippen molar-refractivity contribution < 1.29 is 67.6 Å². The number of aliphatic hydroxyl groups excluding tert-OH is 5. The molecule has 2 fully saturated rings. The molecule has 2 aromatic rings. The number of aliphatic hydroxyl groups is 5. The molecule has 0 radical (unpaired) electrons. The van der Waals surface area contributed by atoms with Crippen LogP contribution in [0.2, 0.25) is 0 Å². The lowest BCUT2D eigenvalue weighted by Gasteiger charge is -2.46. The molecular formula is C28H34F2N2O12. The molecule has 2 saturated heterocycles. The largest absolute Gasteiger partial charge is 0.446 e. The van der Waals surface area contributed by atoms with Gasteiger partial charge in [0.25, 0.3) is 0 Å². The molecular weight excluding hydrogens is 594 g/mol. The van der Waals surface area contributed by atoms with Gasteiger partial charge in [-0.1, -0.05) is 31.2 Å². The summed E-state index contributed by atoms with van der Waals surface area (Å²) in [6, 6.07) is 10.6. The van der Waals surface area contributed by atoms with Crippen LogP contribution in [0.15, 0.2) is 48.5 Å². The monoisotopic (exact) mass is 628 g/mol. The van der Waals surface area contributed by atoms with Gasteiger partial charge < -0.3 is 49.2 Å². The lowest BCUT2D eigenvalue weighted by Crippen LogP contribution is -2.64. The average Bonchev–Trinajstić information content (AvgIpc) is 3.00. The second-order valence-electron chi connectivity index (χ2n) is 10.1. The molecule has 0 unspecified atom stereocenters. The van der Waals surface area contributed by atoms with Crippen LogP contribution in [0.3, 0.4) is 0 Å². The lowest BCUT2D eigenvalue weighted by atomic mass is 9.93. The summed E-state index contributed by atoms with van der Waals surface area (Å²) in [5.74, 6) is -1.44. The van der Waals surface area contributed by atoms with E-state index in [-0.39, 0.29) is 17.8 Å². The maximum absolute atomic E-state index is 13.9. The Kier molecular flexibility index (Phi) is 11.4. The van der Waals surface area contributed by atoms with Crippen LogP contribution in [0.1, 0.15) is 13.3 Å². The number of hydrogen-bond acceptors (Lipinski definition) is 12. The number of nitrogens with one attached hydrogen (secondary N) is 2. The van der Waals surface area contributed by atoms with E-state index < -0.39 is 98.3 Å². The van der Waals surface area contributed by atoms with Gasteiger partial charge in [-0.2, -0.15) is 0 Å². The molecule has 44 heavy (non-hydrogen) atoms. The highest BCUT2D eigenvalue weighted by Gasteiger charge is 2.50. The first-order chi connectivity index (χ1) is 21.0. The van der Waals surface area contributed by atoms with E-state index in [4.69, 9.17) is 23.7 Å². The van der Waals surface area contributed by atoms with Gasteiger partial charge in [-0.15, -0.1) is 0 Å². The predicted octanol–water partition coefficient (Wildman–Crippen LogP) is 0.854. The zero-order valence-corrected chi connectivity index (χ0v) is 23.4. The summed E-state index contributed by atoms with van der Waals surface area (Å²) < 4.78 is 54.9. The maximum atomic E-state index is 13.9. The van der Waals surface area contributed by atoms with Crippen LogP contribution in [0, 0.1) is 11.6 Å². The van der Waals surface area contributed by atoms with Crippen LogP contribution in [0.4, 0.5) is 29.7 Å². The molecule has 0 saturated carbocycles. The smallest absolute Gasteiger partial charge is 0.411 e. The van der Waals surface area contributed by atoms with Crippen LogP contribution in [-0.2, 0) is 23.7 Å². The van der Waals surface area contributed by atoms with Gasteiger partial charge in [-0.3, -0.25) is 10.6 Å². The van der Waals surface area contributed by atoms with E-state index >= 15 is 0 Å². The predicted molar refractivity (Wildman–Crippen MR) is 145 cm³/mol. The Balaban J connectivity index is 1.41. The first-order valence-corrected chi connectivity index (χ1v) is 13.7. The summed E-state index contributed by atoms with van der Waals surface area (Å²) in [5.41, 5.74) is -0.329. The molecule has 2 aliphatic heterocycles. The first-order valence-electron chi connectivity index (χ1n) is 13.7. The third-order valence-corrected chi connectivity index (χ3v) is 7.12.